The number of carbonyl (C=O) groups excluding carboxylic acids is 2. The Hall–Kier alpha value is -3.41. The van der Waals surface area contributed by atoms with E-state index in [0.29, 0.717) is 43.7 Å². The average molecular weight is 559 g/mol. The van der Waals surface area contributed by atoms with Gasteiger partial charge in [-0.25, -0.2) is 19.5 Å². The van der Waals surface area contributed by atoms with Crippen molar-refractivity contribution in [2.24, 2.45) is 5.92 Å². The van der Waals surface area contributed by atoms with E-state index in [0.717, 1.165) is 13.0 Å². The summed E-state index contributed by atoms with van der Waals surface area (Å²) < 4.78 is 34.1. The van der Waals surface area contributed by atoms with E-state index in [1.54, 1.807) is 35.4 Å². The summed E-state index contributed by atoms with van der Waals surface area (Å²) in [5.41, 5.74) is -0.619. The summed E-state index contributed by atoms with van der Waals surface area (Å²) in [5, 5.41) is -0.261. The molecule has 11 nitrogen and oxygen atoms in total. The number of amides is 2. The van der Waals surface area contributed by atoms with Crippen molar-refractivity contribution in [1.29, 1.82) is 0 Å². The van der Waals surface area contributed by atoms with Gasteiger partial charge in [-0.3, -0.25) is 4.79 Å². The van der Waals surface area contributed by atoms with Crippen molar-refractivity contribution < 1.29 is 22.7 Å². The highest BCUT2D eigenvalue weighted by Gasteiger charge is 2.40. The van der Waals surface area contributed by atoms with E-state index in [9.17, 15) is 18.0 Å². The van der Waals surface area contributed by atoms with Crippen molar-refractivity contribution in [3.8, 4) is 0 Å². The van der Waals surface area contributed by atoms with Gasteiger partial charge >= 0.3 is 6.09 Å². The van der Waals surface area contributed by atoms with Gasteiger partial charge in [0.25, 0.3) is 15.9 Å². The van der Waals surface area contributed by atoms with Crippen molar-refractivity contribution in [3.63, 3.8) is 0 Å². The van der Waals surface area contributed by atoms with Gasteiger partial charge < -0.3 is 19.4 Å². The first-order valence-corrected chi connectivity index (χ1v) is 14.7. The number of nitrogens with one attached hydrogen (secondary N) is 1. The third-order valence-electron chi connectivity index (χ3n) is 7.44. The molecule has 212 valence electrons. The monoisotopic (exact) mass is 558 g/mol. The summed E-state index contributed by atoms with van der Waals surface area (Å²) in [6, 6.07) is 7.85. The van der Waals surface area contributed by atoms with Crippen LogP contribution in [0.4, 0.5) is 16.4 Å². The number of aromatic nitrogens is 2. The molecule has 0 radical (unpaired) electrons. The molecule has 0 saturated carbocycles. The number of rotatable bonds is 5. The van der Waals surface area contributed by atoms with E-state index in [4.69, 9.17) is 4.74 Å². The Labute approximate surface area is 230 Å². The third kappa shape index (κ3) is 6.26. The summed E-state index contributed by atoms with van der Waals surface area (Å²) in [5.74, 6) is 0.539. The van der Waals surface area contributed by atoms with Gasteiger partial charge in [0.1, 0.15) is 17.2 Å². The molecular weight excluding hydrogens is 520 g/mol. The number of pyridine rings is 2. The van der Waals surface area contributed by atoms with Crippen LogP contribution in [-0.4, -0.2) is 79.1 Å². The highest BCUT2D eigenvalue weighted by atomic mass is 32.2. The van der Waals surface area contributed by atoms with Crippen LogP contribution < -0.4 is 14.5 Å². The molecule has 39 heavy (non-hydrogen) atoms. The van der Waals surface area contributed by atoms with Crippen molar-refractivity contribution >= 4 is 33.7 Å². The first-order valence-electron chi connectivity index (χ1n) is 13.2. The van der Waals surface area contributed by atoms with Gasteiger partial charge in [0, 0.05) is 44.5 Å². The van der Waals surface area contributed by atoms with Crippen LogP contribution in [0.1, 0.15) is 58.3 Å². The smallest absolute Gasteiger partial charge is 0.410 e. The van der Waals surface area contributed by atoms with Gasteiger partial charge in [0.05, 0.1) is 5.56 Å². The van der Waals surface area contributed by atoms with Gasteiger partial charge in [-0.2, -0.15) is 8.42 Å². The molecule has 2 aliphatic rings. The summed E-state index contributed by atoms with van der Waals surface area (Å²) in [6.07, 6.45) is 2.18. The second kappa shape index (κ2) is 10.6. The zero-order valence-electron chi connectivity index (χ0n) is 23.5. The Morgan fingerprint density at radius 2 is 1.74 bits per heavy atom. The lowest BCUT2D eigenvalue weighted by atomic mass is 9.90. The molecule has 4 heterocycles. The van der Waals surface area contributed by atoms with Crippen LogP contribution in [0.25, 0.3) is 0 Å². The molecule has 0 spiro atoms. The summed E-state index contributed by atoms with van der Waals surface area (Å²) in [4.78, 5) is 40.0. The number of ether oxygens (including phenoxy) is 1. The number of carbonyl (C=O) groups is 2. The minimum Gasteiger partial charge on any atom is -0.444 e. The Morgan fingerprint density at radius 3 is 2.36 bits per heavy atom. The van der Waals surface area contributed by atoms with E-state index in [2.05, 4.69) is 40.4 Å². The third-order valence-corrected chi connectivity index (χ3v) is 8.67. The molecule has 2 aromatic rings. The topological polar surface area (TPSA) is 125 Å². The Kier molecular flexibility index (Phi) is 7.79. The maximum absolute atomic E-state index is 13.2. The van der Waals surface area contributed by atoms with E-state index >= 15 is 0 Å². The highest BCUT2D eigenvalue weighted by molar-refractivity contribution is 7.90. The molecule has 0 aromatic carbocycles. The molecule has 1 unspecified atom stereocenters. The van der Waals surface area contributed by atoms with E-state index in [-0.39, 0.29) is 22.2 Å². The van der Waals surface area contributed by atoms with Gasteiger partial charge in [-0.15, -0.1) is 0 Å². The fourth-order valence-corrected chi connectivity index (χ4v) is 5.73. The van der Waals surface area contributed by atoms with Crippen LogP contribution in [0.15, 0.2) is 41.6 Å². The lowest BCUT2D eigenvalue weighted by molar-refractivity contribution is 0.0240. The van der Waals surface area contributed by atoms with Crippen LogP contribution in [-0.2, 0) is 14.8 Å². The predicted octanol–water partition coefficient (Wildman–Crippen LogP) is 3.28. The van der Waals surface area contributed by atoms with Crippen LogP contribution in [0.2, 0.25) is 0 Å². The maximum atomic E-state index is 13.2. The minimum absolute atomic E-state index is 0.192. The highest BCUT2D eigenvalue weighted by Crippen LogP contribution is 2.38. The lowest BCUT2D eigenvalue weighted by Crippen LogP contribution is -2.50. The Bertz CT molecular complexity index is 1330. The van der Waals surface area contributed by atoms with Gasteiger partial charge in [-0.05, 0) is 71.2 Å². The molecule has 2 aromatic heterocycles. The number of hydrogen-bond acceptors (Lipinski definition) is 9. The van der Waals surface area contributed by atoms with E-state index < -0.39 is 21.5 Å². The first-order chi connectivity index (χ1) is 18.2. The molecule has 2 saturated heterocycles. The number of sulfonamides is 1. The van der Waals surface area contributed by atoms with Crippen LogP contribution in [0.3, 0.4) is 0 Å². The quantitative estimate of drug-likeness (QED) is 0.588. The number of hydrogen-bond donors (Lipinski definition) is 1. The molecule has 2 aliphatic heterocycles. The van der Waals surface area contributed by atoms with Gasteiger partial charge in [0.2, 0.25) is 0 Å². The molecule has 2 fully saturated rings. The van der Waals surface area contributed by atoms with Crippen molar-refractivity contribution in [2.75, 3.05) is 42.5 Å². The lowest BCUT2D eigenvalue weighted by Gasteiger charge is -2.36. The van der Waals surface area contributed by atoms with Crippen LogP contribution in [0, 0.1) is 5.92 Å². The number of piperazine rings is 1. The first kappa shape index (κ1) is 28.6. The molecule has 1 N–H and O–H groups in total. The molecular formula is C27H38N6O5S. The Balaban J connectivity index is 1.47. The van der Waals surface area contributed by atoms with Crippen LogP contribution in [0.5, 0.6) is 0 Å². The van der Waals surface area contributed by atoms with Gasteiger partial charge in [0.15, 0.2) is 5.03 Å². The normalized spacial score (nSPS) is 19.6. The zero-order chi connectivity index (χ0) is 28.6. The molecule has 1 atom stereocenters. The molecule has 0 aliphatic carbocycles. The van der Waals surface area contributed by atoms with Crippen LogP contribution >= 0.6 is 0 Å². The predicted molar refractivity (Wildman–Crippen MR) is 148 cm³/mol. The summed E-state index contributed by atoms with van der Waals surface area (Å²) in [7, 11) is -4.26. The Morgan fingerprint density at radius 1 is 1.05 bits per heavy atom. The maximum Gasteiger partial charge on any atom is 0.410 e. The molecule has 2 amide bonds. The fraction of sp³-hybridized carbons (Fsp3) is 0.556. The zero-order valence-corrected chi connectivity index (χ0v) is 24.3. The number of anilines is 2. The second-order valence-electron chi connectivity index (χ2n) is 11.6. The van der Waals surface area contributed by atoms with E-state index in [1.165, 1.54) is 6.07 Å². The SMILES string of the molecule is CC1CCN(c2ncccc2C(=O)NS(=O)(=O)c2cccc(N3CCN(C(=O)OC(C)(C)C)CC3)n2)C1(C)C. The molecule has 12 heteroatoms. The molecule has 0 bridgehead atoms. The molecule has 4 rings (SSSR count). The second-order valence-corrected chi connectivity index (χ2v) is 13.2. The fourth-order valence-electron chi connectivity index (χ4n) is 4.80. The summed E-state index contributed by atoms with van der Waals surface area (Å²) >= 11 is 0. The minimum atomic E-state index is -4.26. The standard InChI is InChI=1S/C27H38N6O5S/c1-19-12-14-33(27(19,5)6)23-20(9-8-13-28-23)24(34)30-39(36,37)22-11-7-10-21(29-22)31-15-17-32(18-16-31)25(35)38-26(2,3)4/h7-11,13,19H,12,14-18H2,1-6H3,(H,30,34). The van der Waals surface area contributed by atoms with Crippen molar-refractivity contribution in [3.05, 3.63) is 42.1 Å². The largest absolute Gasteiger partial charge is 0.444 e. The number of nitrogens with zero attached hydrogens (tertiary/aromatic N) is 5. The van der Waals surface area contributed by atoms with E-state index in [1.807, 2.05) is 25.7 Å². The summed E-state index contributed by atoms with van der Waals surface area (Å²) in [6.45, 7) is 14.3. The van der Waals surface area contributed by atoms with Crippen molar-refractivity contribution in [1.82, 2.24) is 19.6 Å². The average Bonchev–Trinajstić information content (AvgIpc) is 3.14. The van der Waals surface area contributed by atoms with Gasteiger partial charge in [-0.1, -0.05) is 13.0 Å². The van der Waals surface area contributed by atoms with Crippen molar-refractivity contribution in [2.45, 2.75) is 64.1 Å².